The zero-order valence-corrected chi connectivity index (χ0v) is 10.2. The molecular formula is C10H18N2O6. The van der Waals surface area contributed by atoms with Crippen molar-refractivity contribution in [3.63, 3.8) is 0 Å². The molecule has 0 heterocycles. The van der Waals surface area contributed by atoms with Crippen LogP contribution in [0.5, 0.6) is 0 Å². The molecule has 0 aliphatic heterocycles. The number of hydrogen-bond acceptors (Lipinski definition) is 6. The maximum Gasteiger partial charge on any atom is 0.347 e. The molecule has 0 aromatic heterocycles. The molecule has 0 aromatic rings. The van der Waals surface area contributed by atoms with Crippen molar-refractivity contribution in [1.29, 1.82) is 0 Å². The molecular weight excluding hydrogens is 244 g/mol. The summed E-state index contributed by atoms with van der Waals surface area (Å²) in [6.45, 7) is 3.65. The summed E-state index contributed by atoms with van der Waals surface area (Å²) >= 11 is 0. The van der Waals surface area contributed by atoms with Crippen LogP contribution in [0, 0.1) is 5.92 Å². The Morgan fingerprint density at radius 2 is 1.61 bits per heavy atom. The van der Waals surface area contributed by atoms with Gasteiger partial charge >= 0.3 is 17.9 Å². The highest BCUT2D eigenvalue weighted by Crippen LogP contribution is 2.07. The Hall–Kier alpha value is -1.67. The second kappa shape index (κ2) is 6.92. The fourth-order valence-corrected chi connectivity index (χ4v) is 1.22. The minimum atomic E-state index is -1.95. The van der Waals surface area contributed by atoms with Crippen molar-refractivity contribution in [3.05, 3.63) is 0 Å². The van der Waals surface area contributed by atoms with Crippen molar-refractivity contribution in [2.75, 3.05) is 0 Å². The zero-order valence-electron chi connectivity index (χ0n) is 10.2. The second-order valence-corrected chi connectivity index (χ2v) is 4.30. The summed E-state index contributed by atoms with van der Waals surface area (Å²) in [6.07, 6.45) is -1.65. The first-order valence-electron chi connectivity index (χ1n) is 5.34. The highest BCUT2D eigenvalue weighted by Gasteiger charge is 2.35. The van der Waals surface area contributed by atoms with Gasteiger partial charge in [0.25, 0.3) is 0 Å². The Kier molecular flexibility index (Phi) is 6.28. The summed E-state index contributed by atoms with van der Waals surface area (Å²) in [4.78, 5) is 32.8. The first-order chi connectivity index (χ1) is 8.16. The average Bonchev–Trinajstić information content (AvgIpc) is 2.22. The predicted molar refractivity (Wildman–Crippen MR) is 60.6 cm³/mol. The first-order valence-corrected chi connectivity index (χ1v) is 5.34. The largest absolute Gasteiger partial charge is 0.480 e. The summed E-state index contributed by atoms with van der Waals surface area (Å²) in [5, 5.41) is 17.3. The fourth-order valence-electron chi connectivity index (χ4n) is 1.22. The summed E-state index contributed by atoms with van der Waals surface area (Å²) in [6, 6.07) is -2.84. The van der Waals surface area contributed by atoms with E-state index in [-0.39, 0.29) is 5.92 Å². The van der Waals surface area contributed by atoms with Crippen molar-refractivity contribution in [1.82, 2.24) is 0 Å². The number of ether oxygens (including phenoxy) is 1. The van der Waals surface area contributed by atoms with Crippen molar-refractivity contribution in [2.45, 2.75) is 38.5 Å². The van der Waals surface area contributed by atoms with Gasteiger partial charge in [-0.05, 0) is 12.3 Å². The number of nitrogens with two attached hydrogens (primary N) is 2. The Morgan fingerprint density at radius 3 is 1.94 bits per heavy atom. The summed E-state index contributed by atoms with van der Waals surface area (Å²) < 4.78 is 4.53. The molecule has 6 N–H and O–H groups in total. The molecule has 0 amide bonds. The van der Waals surface area contributed by atoms with Gasteiger partial charge in [-0.2, -0.15) is 0 Å². The SMILES string of the molecule is CC(C)C[C@H](N)C(=O)OC(C(=O)O)[C@H](N)C(=O)O. The number of hydrogen-bond donors (Lipinski definition) is 4. The minimum absolute atomic E-state index is 0.115. The molecule has 0 bridgehead atoms. The lowest BCUT2D eigenvalue weighted by molar-refractivity contribution is -0.169. The highest BCUT2D eigenvalue weighted by atomic mass is 16.6. The lowest BCUT2D eigenvalue weighted by Gasteiger charge is -2.20. The van der Waals surface area contributed by atoms with Gasteiger partial charge in [-0.3, -0.25) is 9.59 Å². The number of carboxylic acid groups (broad SMARTS) is 2. The van der Waals surface area contributed by atoms with Crippen LogP contribution in [0.15, 0.2) is 0 Å². The standard InChI is InChI=1S/C10H18N2O6/c1-4(2)3-5(11)10(17)18-7(9(15)16)6(12)8(13)14/h4-7H,3,11-12H2,1-2H3,(H,13,14)(H,15,16)/t5-,6-,7?/m0/s1. The average molecular weight is 262 g/mol. The third kappa shape index (κ3) is 5.11. The summed E-state index contributed by atoms with van der Waals surface area (Å²) in [5.74, 6) is -4.07. The van der Waals surface area contributed by atoms with E-state index in [1.807, 2.05) is 13.8 Å². The number of carboxylic acids is 2. The lowest BCUT2D eigenvalue weighted by atomic mass is 10.0. The highest BCUT2D eigenvalue weighted by molar-refractivity contribution is 5.87. The van der Waals surface area contributed by atoms with E-state index in [0.717, 1.165) is 0 Å². The number of carbonyl (C=O) groups is 3. The van der Waals surface area contributed by atoms with Gasteiger partial charge < -0.3 is 26.4 Å². The van der Waals surface area contributed by atoms with Crippen LogP contribution >= 0.6 is 0 Å². The molecule has 0 aliphatic carbocycles. The van der Waals surface area contributed by atoms with Gasteiger partial charge in [0, 0.05) is 0 Å². The summed E-state index contributed by atoms with van der Waals surface area (Å²) in [7, 11) is 0. The fraction of sp³-hybridized carbons (Fsp3) is 0.700. The van der Waals surface area contributed by atoms with Crippen molar-refractivity contribution in [3.8, 4) is 0 Å². The minimum Gasteiger partial charge on any atom is -0.480 e. The third-order valence-corrected chi connectivity index (χ3v) is 2.13. The lowest BCUT2D eigenvalue weighted by Crippen LogP contribution is -2.50. The van der Waals surface area contributed by atoms with Crippen molar-refractivity contribution < 1.29 is 29.3 Å². The van der Waals surface area contributed by atoms with E-state index in [2.05, 4.69) is 4.74 Å². The molecule has 0 fully saturated rings. The van der Waals surface area contributed by atoms with E-state index in [1.54, 1.807) is 0 Å². The number of rotatable bonds is 7. The maximum absolute atomic E-state index is 11.5. The van der Waals surface area contributed by atoms with Crippen LogP contribution < -0.4 is 11.5 Å². The van der Waals surface area contributed by atoms with E-state index in [0.29, 0.717) is 6.42 Å². The normalized spacial score (nSPS) is 15.8. The number of esters is 1. The number of carbonyl (C=O) groups excluding carboxylic acids is 1. The van der Waals surface area contributed by atoms with Crippen LogP contribution in [0.2, 0.25) is 0 Å². The molecule has 8 heteroatoms. The van der Waals surface area contributed by atoms with E-state index in [4.69, 9.17) is 21.7 Å². The van der Waals surface area contributed by atoms with Crippen LogP contribution in [0.4, 0.5) is 0 Å². The molecule has 0 aliphatic rings. The molecule has 0 radical (unpaired) electrons. The van der Waals surface area contributed by atoms with Gasteiger partial charge in [-0.1, -0.05) is 13.8 Å². The van der Waals surface area contributed by atoms with Gasteiger partial charge in [0.1, 0.15) is 6.04 Å². The predicted octanol–water partition coefficient (Wildman–Crippen LogP) is -1.23. The van der Waals surface area contributed by atoms with Crippen LogP contribution in [0.25, 0.3) is 0 Å². The smallest absolute Gasteiger partial charge is 0.347 e. The van der Waals surface area contributed by atoms with E-state index in [9.17, 15) is 14.4 Å². The van der Waals surface area contributed by atoms with E-state index >= 15 is 0 Å². The van der Waals surface area contributed by atoms with Gasteiger partial charge in [0.15, 0.2) is 6.04 Å². The summed E-state index contributed by atoms with van der Waals surface area (Å²) in [5.41, 5.74) is 10.6. The Balaban J connectivity index is 4.65. The first kappa shape index (κ1) is 16.3. The monoisotopic (exact) mass is 262 g/mol. The van der Waals surface area contributed by atoms with Crippen LogP contribution in [-0.2, 0) is 19.1 Å². The van der Waals surface area contributed by atoms with E-state index in [1.165, 1.54) is 0 Å². The van der Waals surface area contributed by atoms with E-state index < -0.39 is 36.1 Å². The van der Waals surface area contributed by atoms with Crippen molar-refractivity contribution >= 4 is 17.9 Å². The molecule has 3 atom stereocenters. The Labute approximate surface area is 104 Å². The molecule has 104 valence electrons. The van der Waals surface area contributed by atoms with Crippen LogP contribution in [0.3, 0.4) is 0 Å². The van der Waals surface area contributed by atoms with Gasteiger partial charge in [0.05, 0.1) is 0 Å². The van der Waals surface area contributed by atoms with Gasteiger partial charge in [-0.15, -0.1) is 0 Å². The van der Waals surface area contributed by atoms with Crippen LogP contribution in [0.1, 0.15) is 20.3 Å². The molecule has 18 heavy (non-hydrogen) atoms. The van der Waals surface area contributed by atoms with Gasteiger partial charge in [0.2, 0.25) is 6.10 Å². The quantitative estimate of drug-likeness (QED) is 0.416. The zero-order chi connectivity index (χ0) is 14.5. The topological polar surface area (TPSA) is 153 Å². The number of aliphatic carboxylic acids is 2. The molecule has 0 saturated carbocycles. The molecule has 0 aromatic carbocycles. The molecule has 0 rings (SSSR count). The second-order valence-electron chi connectivity index (χ2n) is 4.30. The molecule has 1 unspecified atom stereocenters. The Bertz CT molecular complexity index is 330. The van der Waals surface area contributed by atoms with Crippen LogP contribution in [-0.4, -0.2) is 46.3 Å². The molecule has 0 spiro atoms. The van der Waals surface area contributed by atoms with Gasteiger partial charge in [-0.25, -0.2) is 4.79 Å². The van der Waals surface area contributed by atoms with Crippen molar-refractivity contribution in [2.24, 2.45) is 17.4 Å². The molecule has 0 saturated heterocycles. The third-order valence-electron chi connectivity index (χ3n) is 2.13. The Morgan fingerprint density at radius 1 is 1.11 bits per heavy atom. The maximum atomic E-state index is 11.5. The molecule has 8 nitrogen and oxygen atoms in total.